The number of rotatable bonds is 4. The number of hydrogen-bond acceptors (Lipinski definition) is 3. The number of benzene rings is 3. The van der Waals surface area contributed by atoms with Crippen LogP contribution in [0, 0.1) is 0 Å². The van der Waals surface area contributed by atoms with Gasteiger partial charge in [-0.25, -0.2) is 0 Å². The lowest BCUT2D eigenvalue weighted by Crippen LogP contribution is -2.36. The molecule has 146 valence electrons. The van der Waals surface area contributed by atoms with Crippen molar-refractivity contribution in [1.29, 1.82) is 0 Å². The summed E-state index contributed by atoms with van der Waals surface area (Å²) in [6, 6.07) is 18.9. The van der Waals surface area contributed by atoms with Crippen LogP contribution in [0.15, 0.2) is 70.3 Å². The molecule has 29 heavy (non-hydrogen) atoms. The van der Waals surface area contributed by atoms with E-state index in [1.807, 2.05) is 43.3 Å². The zero-order chi connectivity index (χ0) is 20.5. The summed E-state index contributed by atoms with van der Waals surface area (Å²) in [5.41, 5.74) is 1.19. The van der Waals surface area contributed by atoms with Crippen LogP contribution in [0.1, 0.15) is 35.8 Å². The minimum absolute atomic E-state index is 0.188. The number of aryl methyl sites for hydroxylation is 1. The van der Waals surface area contributed by atoms with Crippen LogP contribution in [0.4, 0.5) is 0 Å². The summed E-state index contributed by atoms with van der Waals surface area (Å²) >= 11 is 0. The molecule has 0 saturated carbocycles. The first-order valence-electron chi connectivity index (χ1n) is 9.54. The van der Waals surface area contributed by atoms with Crippen LogP contribution in [0.25, 0.3) is 21.8 Å². The molecule has 1 amide bonds. The smallest absolute Gasteiger partial charge is 0.316 e. The number of fused-ring (bicyclic) bond motifs is 2. The average Bonchev–Trinajstić information content (AvgIpc) is 2.74. The van der Waals surface area contributed by atoms with E-state index < -0.39 is 11.1 Å². The number of nitrogens with one attached hydrogen (secondary N) is 2. The van der Waals surface area contributed by atoms with Crippen molar-refractivity contribution in [2.24, 2.45) is 0 Å². The van der Waals surface area contributed by atoms with Crippen LogP contribution < -0.4 is 16.4 Å². The van der Waals surface area contributed by atoms with E-state index in [9.17, 15) is 14.4 Å². The molecule has 4 aromatic rings. The van der Waals surface area contributed by atoms with E-state index in [0.29, 0.717) is 23.1 Å². The Balaban J connectivity index is 1.63. The molecule has 0 unspecified atom stereocenters. The van der Waals surface area contributed by atoms with Crippen LogP contribution in [-0.2, 0) is 6.54 Å². The second-order valence-electron chi connectivity index (χ2n) is 7.04. The van der Waals surface area contributed by atoms with Gasteiger partial charge in [-0.15, -0.1) is 0 Å². The predicted octanol–water partition coefficient (Wildman–Crippen LogP) is 3.35. The molecule has 1 atom stereocenters. The second-order valence-corrected chi connectivity index (χ2v) is 7.04. The third kappa shape index (κ3) is 3.45. The van der Waals surface area contributed by atoms with E-state index in [4.69, 9.17) is 0 Å². The highest BCUT2D eigenvalue weighted by molar-refractivity contribution is 5.97. The summed E-state index contributed by atoms with van der Waals surface area (Å²) in [6.45, 7) is 4.11. The Kier molecular flexibility index (Phi) is 4.76. The van der Waals surface area contributed by atoms with Crippen molar-refractivity contribution in [1.82, 2.24) is 14.9 Å². The summed E-state index contributed by atoms with van der Waals surface area (Å²) in [4.78, 5) is 39.2. The van der Waals surface area contributed by atoms with Gasteiger partial charge in [-0.1, -0.05) is 36.4 Å². The Morgan fingerprint density at radius 2 is 1.79 bits per heavy atom. The third-order valence-electron chi connectivity index (χ3n) is 5.17. The van der Waals surface area contributed by atoms with Crippen LogP contribution in [0.5, 0.6) is 0 Å². The first-order chi connectivity index (χ1) is 14.0. The minimum atomic E-state index is -0.693. The molecule has 0 spiro atoms. The van der Waals surface area contributed by atoms with Crippen molar-refractivity contribution < 1.29 is 4.79 Å². The summed E-state index contributed by atoms with van der Waals surface area (Å²) in [5.74, 6) is -0.248. The van der Waals surface area contributed by atoms with Gasteiger partial charge in [-0.2, -0.15) is 0 Å². The lowest BCUT2D eigenvalue weighted by molar-refractivity contribution is 0.0940. The van der Waals surface area contributed by atoms with Crippen LogP contribution in [-0.4, -0.2) is 15.5 Å². The maximum absolute atomic E-state index is 12.8. The van der Waals surface area contributed by atoms with Crippen molar-refractivity contribution in [2.45, 2.75) is 26.4 Å². The predicted molar refractivity (Wildman–Crippen MR) is 114 cm³/mol. The lowest BCUT2D eigenvalue weighted by atomic mass is 10.0. The van der Waals surface area contributed by atoms with Gasteiger partial charge < -0.3 is 14.9 Å². The highest BCUT2D eigenvalue weighted by Crippen LogP contribution is 2.21. The van der Waals surface area contributed by atoms with E-state index in [2.05, 4.69) is 16.4 Å². The Hall–Kier alpha value is -3.67. The van der Waals surface area contributed by atoms with Gasteiger partial charge >= 0.3 is 11.1 Å². The van der Waals surface area contributed by atoms with Crippen molar-refractivity contribution in [2.75, 3.05) is 0 Å². The standard InChI is InChI=1S/C23H21N3O3/c1-3-26-20-11-10-18(13-19(20)25-22(28)23(26)29)21(27)24-14(2)16-9-8-15-6-4-5-7-17(15)12-16/h4-14H,3H2,1-2H3,(H,24,27)(H,25,28)/t14-/m1/s1. The number of aromatic nitrogens is 2. The molecule has 0 aliphatic carbocycles. The molecule has 1 heterocycles. The van der Waals surface area contributed by atoms with Crippen molar-refractivity contribution in [3.8, 4) is 0 Å². The summed E-state index contributed by atoms with van der Waals surface area (Å²) < 4.78 is 1.40. The van der Waals surface area contributed by atoms with Gasteiger partial charge in [-0.05, 0) is 54.4 Å². The van der Waals surface area contributed by atoms with E-state index in [1.54, 1.807) is 25.1 Å². The van der Waals surface area contributed by atoms with Gasteiger partial charge in [-0.3, -0.25) is 14.4 Å². The maximum atomic E-state index is 12.8. The molecule has 0 fully saturated rings. The number of nitrogens with zero attached hydrogens (tertiary/aromatic N) is 1. The lowest BCUT2D eigenvalue weighted by Gasteiger charge is -2.16. The number of hydrogen-bond donors (Lipinski definition) is 2. The molecule has 0 aliphatic heterocycles. The molecule has 0 saturated heterocycles. The van der Waals surface area contributed by atoms with Crippen LogP contribution in [0.3, 0.4) is 0 Å². The third-order valence-corrected chi connectivity index (χ3v) is 5.17. The van der Waals surface area contributed by atoms with Gasteiger partial charge in [0.15, 0.2) is 0 Å². The highest BCUT2D eigenvalue weighted by Gasteiger charge is 2.14. The van der Waals surface area contributed by atoms with Crippen molar-refractivity contribution >= 4 is 27.7 Å². The van der Waals surface area contributed by atoms with E-state index >= 15 is 0 Å². The summed E-state index contributed by atoms with van der Waals surface area (Å²) in [6.07, 6.45) is 0. The molecule has 4 rings (SSSR count). The van der Waals surface area contributed by atoms with Crippen LogP contribution in [0.2, 0.25) is 0 Å². The Morgan fingerprint density at radius 1 is 1.03 bits per heavy atom. The maximum Gasteiger partial charge on any atom is 0.316 e. The largest absolute Gasteiger partial charge is 0.346 e. The molecular formula is C23H21N3O3. The Morgan fingerprint density at radius 3 is 2.55 bits per heavy atom. The molecule has 0 bridgehead atoms. The molecule has 6 nitrogen and oxygen atoms in total. The van der Waals surface area contributed by atoms with Crippen LogP contribution >= 0.6 is 0 Å². The molecule has 0 radical (unpaired) electrons. The highest BCUT2D eigenvalue weighted by atomic mass is 16.2. The molecule has 0 aliphatic rings. The van der Waals surface area contributed by atoms with Gasteiger partial charge in [0, 0.05) is 12.1 Å². The number of carbonyl (C=O) groups is 1. The minimum Gasteiger partial charge on any atom is -0.346 e. The fourth-order valence-corrected chi connectivity index (χ4v) is 3.57. The Labute approximate surface area is 166 Å². The topological polar surface area (TPSA) is 84.0 Å². The quantitative estimate of drug-likeness (QED) is 0.527. The fraction of sp³-hybridized carbons (Fsp3) is 0.174. The fourth-order valence-electron chi connectivity index (χ4n) is 3.57. The summed E-state index contributed by atoms with van der Waals surface area (Å²) in [7, 11) is 0. The zero-order valence-electron chi connectivity index (χ0n) is 16.2. The molecule has 6 heteroatoms. The van der Waals surface area contributed by atoms with E-state index in [-0.39, 0.29) is 11.9 Å². The number of amides is 1. The number of aromatic amines is 1. The number of H-pyrrole nitrogens is 1. The normalized spacial score (nSPS) is 12.2. The zero-order valence-corrected chi connectivity index (χ0v) is 16.2. The SMILES string of the molecule is CCn1c(=O)c(=O)[nH]c2cc(C(=O)N[C@H](C)c3ccc4ccccc4c3)ccc21. The second kappa shape index (κ2) is 7.39. The van der Waals surface area contributed by atoms with Gasteiger partial charge in [0.25, 0.3) is 5.91 Å². The van der Waals surface area contributed by atoms with Gasteiger partial charge in [0.2, 0.25) is 0 Å². The van der Waals surface area contributed by atoms with E-state index in [1.165, 1.54) is 4.57 Å². The van der Waals surface area contributed by atoms with Gasteiger partial charge in [0.1, 0.15) is 0 Å². The van der Waals surface area contributed by atoms with Crippen molar-refractivity contribution in [3.63, 3.8) is 0 Å². The van der Waals surface area contributed by atoms with Crippen molar-refractivity contribution in [3.05, 3.63) is 92.5 Å². The molecule has 2 N–H and O–H groups in total. The molecule has 1 aromatic heterocycles. The van der Waals surface area contributed by atoms with E-state index in [0.717, 1.165) is 16.3 Å². The average molecular weight is 387 g/mol. The first kappa shape index (κ1) is 18.7. The van der Waals surface area contributed by atoms with Gasteiger partial charge in [0.05, 0.1) is 17.1 Å². The number of carbonyl (C=O) groups excluding carboxylic acids is 1. The first-order valence-corrected chi connectivity index (χ1v) is 9.54. The Bertz CT molecular complexity index is 1350. The molecular weight excluding hydrogens is 366 g/mol. The molecule has 3 aromatic carbocycles. The monoisotopic (exact) mass is 387 g/mol. The summed E-state index contributed by atoms with van der Waals surface area (Å²) in [5, 5.41) is 5.26.